The smallest absolute Gasteiger partial charge is 0.281 e. The maximum Gasteiger partial charge on any atom is 0.281 e. The summed E-state index contributed by atoms with van der Waals surface area (Å²) in [5.41, 5.74) is 2.02. The van der Waals surface area contributed by atoms with Crippen molar-refractivity contribution in [3.05, 3.63) is 71.4 Å². The standard InChI is InChI=1S/C20H18N4O3S/c1-13(25)18(24-23-15-6-4-3-5-7-15)19(26)22-20-21-17(12-28-20)14-8-10-16(27-2)11-9-14/h3-12,25H,1-2H3,(H,21,22,26)/b18-13+,24-23?. The molecule has 0 bridgehead atoms. The van der Waals surface area contributed by atoms with Crippen LogP contribution in [0.15, 0.2) is 81.7 Å². The minimum Gasteiger partial charge on any atom is -0.510 e. The lowest BCUT2D eigenvalue weighted by Gasteiger charge is -2.03. The molecule has 0 unspecified atom stereocenters. The highest BCUT2D eigenvalue weighted by Crippen LogP contribution is 2.27. The predicted octanol–water partition coefficient (Wildman–Crippen LogP) is 5.33. The number of benzene rings is 2. The quantitative estimate of drug-likeness (QED) is 0.335. The molecule has 0 aliphatic heterocycles. The molecule has 0 aliphatic rings. The van der Waals surface area contributed by atoms with Gasteiger partial charge in [0.25, 0.3) is 5.91 Å². The summed E-state index contributed by atoms with van der Waals surface area (Å²) in [7, 11) is 1.61. The third-order valence-electron chi connectivity index (χ3n) is 3.69. The molecule has 2 aromatic carbocycles. The number of carbonyl (C=O) groups excluding carboxylic acids is 1. The van der Waals surface area contributed by atoms with Crippen molar-refractivity contribution in [3.8, 4) is 17.0 Å². The maximum absolute atomic E-state index is 12.5. The first-order chi connectivity index (χ1) is 13.6. The van der Waals surface area contributed by atoms with Crippen molar-refractivity contribution in [1.82, 2.24) is 4.98 Å². The van der Waals surface area contributed by atoms with Crippen LogP contribution < -0.4 is 10.1 Å². The van der Waals surface area contributed by atoms with Crippen LogP contribution in [0.1, 0.15) is 6.92 Å². The second kappa shape index (κ2) is 8.92. The number of amides is 1. The summed E-state index contributed by atoms with van der Waals surface area (Å²) in [6.07, 6.45) is 0. The number of ether oxygens (including phenoxy) is 1. The van der Waals surface area contributed by atoms with E-state index in [0.29, 0.717) is 10.8 Å². The zero-order valence-corrected chi connectivity index (χ0v) is 16.1. The van der Waals surface area contributed by atoms with Crippen molar-refractivity contribution in [2.75, 3.05) is 12.4 Å². The number of azo groups is 1. The number of aromatic nitrogens is 1. The van der Waals surface area contributed by atoms with Gasteiger partial charge in [-0.15, -0.1) is 16.5 Å². The third-order valence-corrected chi connectivity index (χ3v) is 4.45. The van der Waals surface area contributed by atoms with Gasteiger partial charge in [-0.2, -0.15) is 5.11 Å². The lowest BCUT2D eigenvalue weighted by molar-refractivity contribution is -0.113. The van der Waals surface area contributed by atoms with Crippen LogP contribution in [-0.4, -0.2) is 23.1 Å². The van der Waals surface area contributed by atoms with Gasteiger partial charge in [0, 0.05) is 10.9 Å². The van der Waals surface area contributed by atoms with E-state index in [9.17, 15) is 9.90 Å². The first kappa shape index (κ1) is 19.2. The van der Waals surface area contributed by atoms with Crippen molar-refractivity contribution in [2.24, 2.45) is 10.2 Å². The molecule has 8 heteroatoms. The molecule has 0 radical (unpaired) electrons. The number of nitrogens with one attached hydrogen (secondary N) is 1. The normalized spacial score (nSPS) is 11.9. The molecule has 0 spiro atoms. The largest absolute Gasteiger partial charge is 0.510 e. The van der Waals surface area contributed by atoms with E-state index in [1.807, 2.05) is 35.7 Å². The maximum atomic E-state index is 12.5. The molecule has 0 saturated heterocycles. The summed E-state index contributed by atoms with van der Waals surface area (Å²) < 4.78 is 5.14. The molecule has 0 atom stereocenters. The first-order valence-corrected chi connectivity index (χ1v) is 9.22. The van der Waals surface area contributed by atoms with Crippen LogP contribution in [0, 0.1) is 0 Å². The van der Waals surface area contributed by atoms with Gasteiger partial charge in [-0.05, 0) is 43.3 Å². The van der Waals surface area contributed by atoms with E-state index in [1.54, 1.807) is 31.4 Å². The molecule has 7 nitrogen and oxygen atoms in total. The van der Waals surface area contributed by atoms with Crippen LogP contribution in [0.5, 0.6) is 5.75 Å². The molecule has 2 N–H and O–H groups in total. The number of rotatable bonds is 6. The highest BCUT2D eigenvalue weighted by Gasteiger charge is 2.15. The Bertz CT molecular complexity index is 1010. The van der Waals surface area contributed by atoms with Gasteiger partial charge in [0.1, 0.15) is 11.5 Å². The average molecular weight is 394 g/mol. The summed E-state index contributed by atoms with van der Waals surface area (Å²) in [5, 5.41) is 22.5. The monoisotopic (exact) mass is 394 g/mol. The molecular weight excluding hydrogens is 376 g/mol. The Morgan fingerprint density at radius 2 is 1.86 bits per heavy atom. The Labute approximate surface area is 166 Å². The molecule has 142 valence electrons. The minimum atomic E-state index is -0.588. The van der Waals surface area contributed by atoms with Crippen molar-refractivity contribution in [2.45, 2.75) is 6.92 Å². The average Bonchev–Trinajstić information content (AvgIpc) is 3.17. The molecular formula is C20H18N4O3S. The van der Waals surface area contributed by atoms with E-state index >= 15 is 0 Å². The summed E-state index contributed by atoms with van der Waals surface area (Å²) in [6.45, 7) is 1.38. The van der Waals surface area contributed by atoms with Crippen molar-refractivity contribution in [1.29, 1.82) is 0 Å². The molecule has 1 amide bonds. The van der Waals surface area contributed by atoms with Gasteiger partial charge in [0.15, 0.2) is 10.8 Å². The fourth-order valence-electron chi connectivity index (χ4n) is 2.27. The number of carbonyl (C=O) groups is 1. The third kappa shape index (κ3) is 4.80. The number of thiazole rings is 1. The van der Waals surface area contributed by atoms with Crippen LogP contribution in [0.2, 0.25) is 0 Å². The lowest BCUT2D eigenvalue weighted by Crippen LogP contribution is -2.14. The number of methoxy groups -OCH3 is 1. The van der Waals surface area contributed by atoms with Crippen molar-refractivity contribution < 1.29 is 14.6 Å². The number of allylic oxidation sites excluding steroid dienone is 1. The molecule has 0 saturated carbocycles. The van der Waals surface area contributed by atoms with E-state index in [2.05, 4.69) is 20.5 Å². The van der Waals surface area contributed by atoms with Crippen molar-refractivity contribution >= 4 is 28.1 Å². The SMILES string of the molecule is COc1ccc(-c2csc(NC(=O)/C(N=Nc3ccccc3)=C(/C)O)n2)cc1. The van der Waals surface area contributed by atoms with Crippen molar-refractivity contribution in [3.63, 3.8) is 0 Å². The Morgan fingerprint density at radius 3 is 2.50 bits per heavy atom. The Morgan fingerprint density at radius 1 is 1.14 bits per heavy atom. The molecule has 1 aromatic heterocycles. The summed E-state index contributed by atoms with van der Waals surface area (Å²) in [6, 6.07) is 16.4. The zero-order chi connectivity index (χ0) is 19.9. The summed E-state index contributed by atoms with van der Waals surface area (Å²) in [5.74, 6) is -0.0658. The van der Waals surface area contributed by atoms with Gasteiger partial charge >= 0.3 is 0 Å². The Balaban J connectivity index is 1.73. The minimum absolute atomic E-state index is 0.176. The van der Waals surface area contributed by atoms with Gasteiger partial charge in [-0.3, -0.25) is 10.1 Å². The molecule has 28 heavy (non-hydrogen) atoms. The highest BCUT2D eigenvalue weighted by atomic mass is 32.1. The molecule has 3 aromatic rings. The van der Waals surface area contributed by atoms with Crippen LogP contribution >= 0.6 is 11.3 Å². The van der Waals surface area contributed by atoms with Crippen LogP contribution in [-0.2, 0) is 4.79 Å². The van der Waals surface area contributed by atoms with Gasteiger partial charge in [0.2, 0.25) is 0 Å². The number of hydrogen-bond acceptors (Lipinski definition) is 7. The summed E-state index contributed by atoms with van der Waals surface area (Å²) in [4.78, 5) is 16.9. The second-order valence-electron chi connectivity index (χ2n) is 5.69. The first-order valence-electron chi connectivity index (χ1n) is 8.35. The van der Waals surface area contributed by atoms with E-state index in [1.165, 1.54) is 18.3 Å². The Hall–Kier alpha value is -3.52. The second-order valence-corrected chi connectivity index (χ2v) is 6.55. The van der Waals surface area contributed by atoms with Gasteiger partial charge in [-0.25, -0.2) is 4.98 Å². The lowest BCUT2D eigenvalue weighted by atomic mass is 10.2. The highest BCUT2D eigenvalue weighted by molar-refractivity contribution is 7.14. The van der Waals surface area contributed by atoms with Gasteiger partial charge in [-0.1, -0.05) is 18.2 Å². The van der Waals surface area contributed by atoms with Crippen LogP contribution in [0.4, 0.5) is 10.8 Å². The molecule has 3 rings (SSSR count). The molecule has 0 fully saturated rings. The molecule has 0 aliphatic carbocycles. The van der Waals surface area contributed by atoms with Gasteiger partial charge in [0.05, 0.1) is 18.5 Å². The number of nitrogens with zero attached hydrogens (tertiary/aromatic N) is 3. The van der Waals surface area contributed by atoms with Crippen LogP contribution in [0.25, 0.3) is 11.3 Å². The number of hydrogen-bond donors (Lipinski definition) is 2. The number of aliphatic hydroxyl groups is 1. The number of anilines is 1. The fraction of sp³-hybridized carbons (Fsp3) is 0.100. The fourth-order valence-corrected chi connectivity index (χ4v) is 2.98. The Kier molecular flexibility index (Phi) is 6.13. The predicted molar refractivity (Wildman–Crippen MR) is 109 cm³/mol. The topological polar surface area (TPSA) is 96.2 Å². The molecule has 1 heterocycles. The zero-order valence-electron chi connectivity index (χ0n) is 15.3. The van der Waals surface area contributed by atoms with Gasteiger partial charge < -0.3 is 9.84 Å². The number of aliphatic hydroxyl groups excluding tert-OH is 1. The van der Waals surface area contributed by atoms with E-state index in [0.717, 1.165) is 17.0 Å². The van der Waals surface area contributed by atoms with E-state index in [-0.39, 0.29) is 11.5 Å². The summed E-state index contributed by atoms with van der Waals surface area (Å²) >= 11 is 1.28. The van der Waals surface area contributed by atoms with E-state index in [4.69, 9.17) is 4.74 Å². The van der Waals surface area contributed by atoms with E-state index < -0.39 is 5.91 Å². The van der Waals surface area contributed by atoms with Crippen LogP contribution in [0.3, 0.4) is 0 Å².